The first-order valence-corrected chi connectivity index (χ1v) is 4.10. The second-order valence-electron chi connectivity index (χ2n) is 2.99. The monoisotopic (exact) mass is 196 g/mol. The van der Waals surface area contributed by atoms with E-state index in [9.17, 15) is 10.1 Å². The lowest BCUT2D eigenvalue weighted by molar-refractivity contribution is -0.385. The molecule has 0 aliphatic carbocycles. The highest BCUT2D eigenvalue weighted by Crippen LogP contribution is 2.32. The lowest BCUT2D eigenvalue weighted by Crippen LogP contribution is -2.26. The fourth-order valence-electron chi connectivity index (χ4n) is 1.16. The van der Waals surface area contributed by atoms with Crippen molar-refractivity contribution in [2.45, 2.75) is 13.0 Å². The summed E-state index contributed by atoms with van der Waals surface area (Å²) in [6.45, 7) is 2.24. The van der Waals surface area contributed by atoms with Gasteiger partial charge in [0.15, 0.2) is 5.75 Å². The molecule has 1 aromatic rings. The van der Waals surface area contributed by atoms with Crippen LogP contribution in [0.2, 0.25) is 0 Å². The van der Waals surface area contributed by atoms with Crippen LogP contribution in [0.1, 0.15) is 6.92 Å². The van der Waals surface area contributed by atoms with Gasteiger partial charge in [-0.05, 0) is 6.92 Å². The number of ether oxygens (including phenoxy) is 2. The summed E-state index contributed by atoms with van der Waals surface area (Å²) in [5, 5.41) is 10.4. The number of pyridine rings is 1. The van der Waals surface area contributed by atoms with E-state index in [0.29, 0.717) is 18.2 Å². The summed E-state index contributed by atoms with van der Waals surface area (Å²) in [6.07, 6.45) is 1.05. The van der Waals surface area contributed by atoms with Crippen LogP contribution in [0, 0.1) is 10.1 Å². The highest BCUT2D eigenvalue weighted by Gasteiger charge is 2.21. The second kappa shape index (κ2) is 3.13. The zero-order valence-electron chi connectivity index (χ0n) is 7.47. The van der Waals surface area contributed by atoms with Gasteiger partial charge in [-0.2, -0.15) is 0 Å². The summed E-state index contributed by atoms with van der Waals surface area (Å²) < 4.78 is 10.5. The molecular formula is C8H8N2O4. The third-order valence-corrected chi connectivity index (χ3v) is 1.80. The Bertz CT molecular complexity index is 380. The predicted octanol–water partition coefficient (Wildman–Crippen LogP) is 1.15. The largest absolute Gasteiger partial charge is 0.481 e. The van der Waals surface area contributed by atoms with Gasteiger partial charge in [-0.3, -0.25) is 10.1 Å². The Balaban J connectivity index is 2.37. The van der Waals surface area contributed by atoms with Crippen molar-refractivity contribution in [3.63, 3.8) is 0 Å². The van der Waals surface area contributed by atoms with Crippen LogP contribution in [0.15, 0.2) is 12.3 Å². The van der Waals surface area contributed by atoms with E-state index in [2.05, 4.69) is 4.98 Å². The Morgan fingerprint density at radius 2 is 2.50 bits per heavy atom. The normalized spacial score (nSPS) is 19.1. The molecule has 6 heteroatoms. The maximum Gasteiger partial charge on any atom is 0.291 e. The first-order chi connectivity index (χ1) is 6.66. The molecule has 2 heterocycles. The van der Waals surface area contributed by atoms with E-state index in [1.165, 1.54) is 6.07 Å². The number of rotatable bonds is 1. The lowest BCUT2D eigenvalue weighted by atomic mass is 10.3. The number of hydrogen-bond acceptors (Lipinski definition) is 5. The minimum Gasteiger partial charge on any atom is -0.481 e. The molecule has 0 spiro atoms. The quantitative estimate of drug-likeness (QED) is 0.497. The van der Waals surface area contributed by atoms with E-state index in [0.717, 1.165) is 6.20 Å². The molecule has 14 heavy (non-hydrogen) atoms. The predicted molar refractivity (Wildman–Crippen MR) is 46.5 cm³/mol. The van der Waals surface area contributed by atoms with Crippen molar-refractivity contribution in [3.05, 3.63) is 22.4 Å². The third-order valence-electron chi connectivity index (χ3n) is 1.80. The number of fused-ring (bicyclic) bond motifs is 1. The Kier molecular flexibility index (Phi) is 1.95. The summed E-state index contributed by atoms with van der Waals surface area (Å²) in [7, 11) is 0. The molecule has 1 aromatic heterocycles. The first-order valence-electron chi connectivity index (χ1n) is 4.10. The van der Waals surface area contributed by atoms with Gasteiger partial charge in [0, 0.05) is 0 Å². The first kappa shape index (κ1) is 8.74. The Labute approximate surface area is 79.6 Å². The Hall–Kier alpha value is -1.85. The maximum atomic E-state index is 10.4. The molecule has 0 N–H and O–H groups in total. The van der Waals surface area contributed by atoms with Crippen LogP contribution >= 0.6 is 0 Å². The molecule has 0 fully saturated rings. The van der Waals surface area contributed by atoms with Crippen molar-refractivity contribution in [1.29, 1.82) is 0 Å². The summed E-state index contributed by atoms with van der Waals surface area (Å²) in [5.74, 6) is 0.645. The lowest BCUT2D eigenvalue weighted by Gasteiger charge is -2.22. The molecule has 0 aromatic carbocycles. The summed E-state index contributed by atoms with van der Waals surface area (Å²) in [6, 6.07) is 1.32. The van der Waals surface area contributed by atoms with Gasteiger partial charge < -0.3 is 9.47 Å². The fourth-order valence-corrected chi connectivity index (χ4v) is 1.16. The molecule has 1 atom stereocenters. The molecule has 1 aliphatic heterocycles. The molecule has 0 radical (unpaired) electrons. The van der Waals surface area contributed by atoms with Gasteiger partial charge in [0.05, 0.1) is 11.0 Å². The van der Waals surface area contributed by atoms with Crippen molar-refractivity contribution in [2.75, 3.05) is 6.61 Å². The van der Waals surface area contributed by atoms with Crippen LogP contribution in [0.3, 0.4) is 0 Å². The molecular weight excluding hydrogens is 188 g/mol. The van der Waals surface area contributed by atoms with Crippen LogP contribution in [0.5, 0.6) is 11.6 Å². The zero-order valence-corrected chi connectivity index (χ0v) is 7.47. The van der Waals surface area contributed by atoms with Crippen molar-refractivity contribution < 1.29 is 14.4 Å². The van der Waals surface area contributed by atoms with Crippen LogP contribution in [0.4, 0.5) is 5.69 Å². The van der Waals surface area contributed by atoms with Gasteiger partial charge in [0.25, 0.3) is 11.6 Å². The Morgan fingerprint density at radius 3 is 3.21 bits per heavy atom. The summed E-state index contributed by atoms with van der Waals surface area (Å²) in [4.78, 5) is 13.7. The molecule has 6 nitrogen and oxygen atoms in total. The molecule has 0 amide bonds. The molecule has 0 saturated heterocycles. The second-order valence-corrected chi connectivity index (χ2v) is 2.99. The third kappa shape index (κ3) is 1.46. The molecule has 0 bridgehead atoms. The number of nitrogens with zero attached hydrogens (tertiary/aromatic N) is 2. The highest BCUT2D eigenvalue weighted by atomic mass is 16.6. The van der Waals surface area contributed by atoms with Crippen molar-refractivity contribution in [2.24, 2.45) is 0 Å². The smallest absolute Gasteiger partial charge is 0.291 e. The molecule has 0 unspecified atom stereocenters. The zero-order chi connectivity index (χ0) is 10.1. The van der Waals surface area contributed by atoms with Crippen LogP contribution < -0.4 is 9.47 Å². The fraction of sp³-hybridized carbons (Fsp3) is 0.375. The minimum atomic E-state index is -0.518. The SMILES string of the molecule is C[C@H]1COc2ncc([N+](=O)[O-])cc2O1. The van der Waals surface area contributed by atoms with E-state index in [1.807, 2.05) is 6.92 Å². The number of hydrogen-bond donors (Lipinski definition) is 0. The van der Waals surface area contributed by atoms with Crippen LogP contribution in [-0.4, -0.2) is 22.6 Å². The van der Waals surface area contributed by atoms with E-state index in [-0.39, 0.29) is 11.8 Å². The van der Waals surface area contributed by atoms with Crippen LogP contribution in [0.25, 0.3) is 0 Å². The molecule has 2 rings (SSSR count). The van der Waals surface area contributed by atoms with Gasteiger partial charge in [0.2, 0.25) is 0 Å². The average molecular weight is 196 g/mol. The summed E-state index contributed by atoms with van der Waals surface area (Å²) in [5.41, 5.74) is -0.0959. The van der Waals surface area contributed by atoms with Gasteiger partial charge in [-0.15, -0.1) is 0 Å². The van der Waals surface area contributed by atoms with E-state index < -0.39 is 4.92 Å². The van der Waals surface area contributed by atoms with E-state index in [4.69, 9.17) is 9.47 Å². The van der Waals surface area contributed by atoms with Crippen molar-refractivity contribution >= 4 is 5.69 Å². The maximum absolute atomic E-state index is 10.4. The number of nitro groups is 1. The highest BCUT2D eigenvalue weighted by molar-refractivity contribution is 5.43. The van der Waals surface area contributed by atoms with E-state index in [1.54, 1.807) is 0 Å². The van der Waals surface area contributed by atoms with Crippen molar-refractivity contribution in [3.8, 4) is 11.6 Å². The Morgan fingerprint density at radius 1 is 1.71 bits per heavy atom. The van der Waals surface area contributed by atoms with E-state index >= 15 is 0 Å². The van der Waals surface area contributed by atoms with Crippen LogP contribution in [-0.2, 0) is 0 Å². The molecule has 1 aliphatic rings. The average Bonchev–Trinajstić information content (AvgIpc) is 2.16. The van der Waals surface area contributed by atoms with Gasteiger partial charge in [-0.25, -0.2) is 4.98 Å². The summed E-state index contributed by atoms with van der Waals surface area (Å²) >= 11 is 0. The minimum absolute atomic E-state index is 0.0959. The van der Waals surface area contributed by atoms with Gasteiger partial charge >= 0.3 is 0 Å². The molecule has 0 saturated carbocycles. The van der Waals surface area contributed by atoms with Gasteiger partial charge in [0.1, 0.15) is 18.9 Å². The topological polar surface area (TPSA) is 74.5 Å². The standard InChI is InChI=1S/C8H8N2O4/c1-5-4-13-8-7(14-5)2-6(3-9-8)10(11)12/h2-3,5H,4H2,1H3/t5-/m0/s1. The number of aromatic nitrogens is 1. The molecule has 74 valence electrons. The van der Waals surface area contributed by atoms with Gasteiger partial charge in [-0.1, -0.05) is 0 Å². The van der Waals surface area contributed by atoms with Crippen molar-refractivity contribution in [1.82, 2.24) is 4.98 Å².